The van der Waals surface area contributed by atoms with Crippen LogP contribution in [0.2, 0.25) is 0 Å². The number of hydrogen-bond donors (Lipinski definition) is 1. The van der Waals surface area contributed by atoms with E-state index in [2.05, 4.69) is 5.32 Å². The molecular formula is C21H21F3N2O6. The van der Waals surface area contributed by atoms with Gasteiger partial charge in [0.15, 0.2) is 5.78 Å². The van der Waals surface area contributed by atoms with E-state index in [1.54, 1.807) is 0 Å². The van der Waals surface area contributed by atoms with Gasteiger partial charge in [-0.15, -0.1) is 0 Å². The van der Waals surface area contributed by atoms with Gasteiger partial charge in [-0.1, -0.05) is 12.5 Å². The van der Waals surface area contributed by atoms with Gasteiger partial charge < -0.3 is 4.74 Å². The van der Waals surface area contributed by atoms with E-state index in [9.17, 15) is 37.1 Å². The lowest BCUT2D eigenvalue weighted by Gasteiger charge is -2.27. The van der Waals surface area contributed by atoms with E-state index in [0.29, 0.717) is 0 Å². The van der Waals surface area contributed by atoms with Gasteiger partial charge in [0.05, 0.1) is 11.1 Å². The highest BCUT2D eigenvalue weighted by molar-refractivity contribution is 6.24. The second-order valence-electron chi connectivity index (χ2n) is 7.63. The molecule has 1 unspecified atom stereocenters. The summed E-state index contributed by atoms with van der Waals surface area (Å²) in [5.74, 6) is -3.02. The number of ether oxygens (including phenoxy) is 1. The Morgan fingerprint density at radius 1 is 1.09 bits per heavy atom. The van der Waals surface area contributed by atoms with E-state index in [-0.39, 0.29) is 61.2 Å². The molecule has 2 aliphatic rings. The molecule has 8 nitrogen and oxygen atoms in total. The van der Waals surface area contributed by atoms with E-state index in [1.165, 1.54) is 18.2 Å². The highest BCUT2D eigenvalue weighted by atomic mass is 19.4. The van der Waals surface area contributed by atoms with Crippen LogP contribution in [0.25, 0.3) is 0 Å². The Morgan fingerprint density at radius 3 is 2.53 bits per heavy atom. The third-order valence-corrected chi connectivity index (χ3v) is 5.23. The second-order valence-corrected chi connectivity index (χ2v) is 7.63. The first kappa shape index (κ1) is 23.4. The summed E-state index contributed by atoms with van der Waals surface area (Å²) < 4.78 is 41.8. The average molecular weight is 454 g/mol. The molecule has 32 heavy (non-hydrogen) atoms. The predicted octanol–water partition coefficient (Wildman–Crippen LogP) is 2.55. The van der Waals surface area contributed by atoms with Crippen LogP contribution in [0.1, 0.15) is 65.7 Å². The van der Waals surface area contributed by atoms with Gasteiger partial charge in [0.25, 0.3) is 11.8 Å². The van der Waals surface area contributed by atoms with Crippen molar-refractivity contribution in [2.45, 2.75) is 57.2 Å². The standard InChI is InChI=1S/C21H21F3N2O6/c22-21(23,24)10-3-1-2-5-12(27)11-32-15-7-4-6-13-17(15)20(31)26(19(13)30)14-8-9-16(28)25-18(14)29/h4,6-7,14H,1-3,5,8-11H2,(H,25,28,29). The summed E-state index contributed by atoms with van der Waals surface area (Å²) in [6, 6.07) is 3.16. The molecule has 1 saturated heterocycles. The molecule has 4 amide bonds. The summed E-state index contributed by atoms with van der Waals surface area (Å²) in [6.45, 7) is -0.407. The van der Waals surface area contributed by atoms with E-state index in [4.69, 9.17) is 4.74 Å². The van der Waals surface area contributed by atoms with Crippen molar-refractivity contribution < 1.29 is 41.9 Å². The van der Waals surface area contributed by atoms with Gasteiger partial charge in [-0.05, 0) is 31.4 Å². The Balaban J connectivity index is 1.59. The molecule has 0 aliphatic carbocycles. The Morgan fingerprint density at radius 2 is 1.84 bits per heavy atom. The molecule has 1 fully saturated rings. The first-order valence-corrected chi connectivity index (χ1v) is 10.1. The number of Topliss-reactive ketones (excluding diaryl/α,β-unsaturated/α-hetero) is 1. The summed E-state index contributed by atoms with van der Waals surface area (Å²) in [4.78, 5) is 61.9. The van der Waals surface area contributed by atoms with Crippen molar-refractivity contribution in [2.24, 2.45) is 0 Å². The SMILES string of the molecule is O=C(CCCCCC(F)(F)F)COc1cccc2c1C(=O)N(C1CCC(=O)NC1=O)C2=O. The molecule has 2 heterocycles. The fourth-order valence-electron chi connectivity index (χ4n) is 3.66. The molecule has 0 spiro atoms. The molecule has 1 N–H and O–H groups in total. The topological polar surface area (TPSA) is 110 Å². The maximum absolute atomic E-state index is 12.9. The number of unbranched alkanes of at least 4 members (excludes halogenated alkanes) is 2. The Kier molecular flexibility index (Phi) is 6.95. The van der Waals surface area contributed by atoms with Crippen LogP contribution in [0.15, 0.2) is 18.2 Å². The monoisotopic (exact) mass is 454 g/mol. The molecule has 11 heteroatoms. The van der Waals surface area contributed by atoms with Gasteiger partial charge in [-0.3, -0.25) is 34.2 Å². The number of nitrogens with zero attached hydrogens (tertiary/aromatic N) is 1. The van der Waals surface area contributed by atoms with Gasteiger partial charge in [0.2, 0.25) is 11.8 Å². The number of halogens is 3. The number of carbonyl (C=O) groups is 5. The molecule has 3 rings (SSSR count). The number of imide groups is 2. The second kappa shape index (κ2) is 9.49. The van der Waals surface area contributed by atoms with Crippen LogP contribution in [0.5, 0.6) is 5.75 Å². The summed E-state index contributed by atoms with van der Waals surface area (Å²) >= 11 is 0. The Hall–Kier alpha value is -3.24. The summed E-state index contributed by atoms with van der Waals surface area (Å²) in [5, 5.41) is 2.10. The average Bonchev–Trinajstić information content (AvgIpc) is 2.96. The summed E-state index contributed by atoms with van der Waals surface area (Å²) in [5.41, 5.74) is -0.0445. The fourth-order valence-corrected chi connectivity index (χ4v) is 3.66. The van der Waals surface area contributed by atoms with Crippen LogP contribution < -0.4 is 10.1 Å². The van der Waals surface area contributed by atoms with Gasteiger partial charge in [-0.2, -0.15) is 13.2 Å². The molecule has 2 aliphatic heterocycles. The molecular weight excluding hydrogens is 433 g/mol. The van der Waals surface area contributed by atoms with Crippen molar-refractivity contribution >= 4 is 29.4 Å². The van der Waals surface area contributed by atoms with Crippen molar-refractivity contribution in [3.63, 3.8) is 0 Å². The molecule has 1 atom stereocenters. The molecule has 0 saturated carbocycles. The zero-order valence-corrected chi connectivity index (χ0v) is 17.0. The molecule has 1 aromatic carbocycles. The van der Waals surface area contributed by atoms with Crippen LogP contribution in [-0.2, 0) is 14.4 Å². The van der Waals surface area contributed by atoms with E-state index < -0.39 is 48.9 Å². The minimum atomic E-state index is -4.22. The highest BCUT2D eigenvalue weighted by Crippen LogP contribution is 2.33. The number of alkyl halides is 3. The minimum absolute atomic E-state index is 0.000986. The van der Waals surface area contributed by atoms with Crippen molar-refractivity contribution in [1.82, 2.24) is 10.2 Å². The Labute approximate surface area is 181 Å². The van der Waals surface area contributed by atoms with Crippen LogP contribution in [0.4, 0.5) is 13.2 Å². The quantitative estimate of drug-likeness (QED) is 0.454. The van der Waals surface area contributed by atoms with Crippen LogP contribution in [0.3, 0.4) is 0 Å². The van der Waals surface area contributed by atoms with Gasteiger partial charge in [-0.25, -0.2) is 0 Å². The van der Waals surface area contributed by atoms with E-state index in [1.807, 2.05) is 0 Å². The molecule has 172 valence electrons. The maximum Gasteiger partial charge on any atom is 0.389 e. The first-order chi connectivity index (χ1) is 15.1. The smallest absolute Gasteiger partial charge is 0.389 e. The summed E-state index contributed by atoms with van der Waals surface area (Å²) in [6.07, 6.45) is -4.60. The lowest BCUT2D eigenvalue weighted by molar-refractivity contribution is -0.137. The maximum atomic E-state index is 12.9. The fraction of sp³-hybridized carbons (Fsp3) is 0.476. The lowest BCUT2D eigenvalue weighted by atomic mass is 10.0. The number of ketones is 1. The summed E-state index contributed by atoms with van der Waals surface area (Å²) in [7, 11) is 0. The predicted molar refractivity (Wildman–Crippen MR) is 103 cm³/mol. The third kappa shape index (κ3) is 5.32. The van der Waals surface area contributed by atoms with Gasteiger partial charge in [0.1, 0.15) is 18.4 Å². The number of benzene rings is 1. The number of fused-ring (bicyclic) bond motifs is 1. The minimum Gasteiger partial charge on any atom is -0.485 e. The number of amides is 4. The molecule has 0 aromatic heterocycles. The van der Waals surface area contributed by atoms with Crippen molar-refractivity contribution in [1.29, 1.82) is 0 Å². The first-order valence-electron chi connectivity index (χ1n) is 10.1. The van der Waals surface area contributed by atoms with Crippen LogP contribution in [0, 0.1) is 0 Å². The number of hydrogen-bond acceptors (Lipinski definition) is 6. The largest absolute Gasteiger partial charge is 0.485 e. The molecule has 1 aromatic rings. The van der Waals surface area contributed by atoms with Crippen molar-refractivity contribution in [3.8, 4) is 5.75 Å². The number of carbonyl (C=O) groups excluding carboxylic acids is 5. The van der Waals surface area contributed by atoms with Gasteiger partial charge >= 0.3 is 6.18 Å². The number of piperidine rings is 1. The number of rotatable bonds is 9. The molecule has 0 radical (unpaired) electrons. The van der Waals surface area contributed by atoms with E-state index >= 15 is 0 Å². The Bertz CT molecular complexity index is 959. The number of nitrogens with one attached hydrogen (secondary N) is 1. The zero-order valence-electron chi connectivity index (χ0n) is 17.0. The third-order valence-electron chi connectivity index (χ3n) is 5.23. The molecule has 0 bridgehead atoms. The van der Waals surface area contributed by atoms with Crippen LogP contribution in [-0.4, -0.2) is 53.1 Å². The van der Waals surface area contributed by atoms with Crippen molar-refractivity contribution in [2.75, 3.05) is 6.61 Å². The normalized spacial score (nSPS) is 18.6. The highest BCUT2D eigenvalue weighted by Gasteiger charge is 2.46. The van der Waals surface area contributed by atoms with Crippen molar-refractivity contribution in [3.05, 3.63) is 29.3 Å². The van der Waals surface area contributed by atoms with E-state index in [0.717, 1.165) is 4.90 Å². The van der Waals surface area contributed by atoms with Gasteiger partial charge in [0, 0.05) is 19.3 Å². The van der Waals surface area contributed by atoms with Crippen LogP contribution >= 0.6 is 0 Å². The zero-order chi connectivity index (χ0) is 23.5. The lowest BCUT2D eigenvalue weighted by Crippen LogP contribution is -2.54.